The fourth-order valence-electron chi connectivity index (χ4n) is 2.52. The lowest BCUT2D eigenvalue weighted by molar-refractivity contribution is 0.0527. The van der Waals surface area contributed by atoms with Crippen LogP contribution in [-0.4, -0.2) is 23.3 Å². The molecule has 0 spiro atoms. The van der Waals surface area contributed by atoms with Crippen LogP contribution in [0.5, 0.6) is 0 Å². The third-order valence-electron chi connectivity index (χ3n) is 3.55. The second-order valence-electron chi connectivity index (χ2n) is 4.97. The molecule has 106 valence electrons. The van der Waals surface area contributed by atoms with Crippen LogP contribution in [0.15, 0.2) is 41.7 Å². The van der Waals surface area contributed by atoms with E-state index in [9.17, 15) is 4.79 Å². The second kappa shape index (κ2) is 5.48. The number of aromatic nitrogens is 1. The minimum atomic E-state index is -0.364. The van der Waals surface area contributed by atoms with Gasteiger partial charge in [-0.15, -0.1) is 0 Å². The van der Waals surface area contributed by atoms with E-state index in [2.05, 4.69) is 29.0 Å². The van der Waals surface area contributed by atoms with E-state index in [4.69, 9.17) is 4.74 Å². The number of hydrogen-bond acceptors (Lipinski definition) is 4. The maximum atomic E-state index is 12.0. The van der Waals surface area contributed by atoms with Gasteiger partial charge >= 0.3 is 5.97 Å². The normalized spacial score (nSPS) is 12.8. The highest BCUT2D eigenvalue weighted by Gasteiger charge is 2.23. The summed E-state index contributed by atoms with van der Waals surface area (Å²) < 4.78 is 5.07. The zero-order valence-corrected chi connectivity index (χ0v) is 12.1. The summed E-state index contributed by atoms with van der Waals surface area (Å²) in [7, 11) is 0. The highest BCUT2D eigenvalue weighted by molar-refractivity contribution is 6.10. The van der Waals surface area contributed by atoms with Crippen molar-refractivity contribution in [2.24, 2.45) is 4.99 Å². The Kier molecular flexibility index (Phi) is 3.52. The van der Waals surface area contributed by atoms with Crippen molar-refractivity contribution < 1.29 is 9.53 Å². The Hall–Kier alpha value is -2.49. The standard InChI is InChI=1S/C17H16N2O2/c1-3-21-17(20)14-10-18-9-12-8-15(19-16(12)14)13-7-5-4-6-11(13)2/h4-7,9-10H,3,8H2,1-2H3. The lowest BCUT2D eigenvalue weighted by Gasteiger charge is -2.04. The minimum absolute atomic E-state index is 0.344. The maximum Gasteiger partial charge on any atom is 0.341 e. The van der Waals surface area contributed by atoms with Crippen molar-refractivity contribution in [3.63, 3.8) is 0 Å². The number of carbonyl (C=O) groups is 1. The predicted octanol–water partition coefficient (Wildman–Crippen LogP) is 3.24. The van der Waals surface area contributed by atoms with Gasteiger partial charge in [0.2, 0.25) is 0 Å². The van der Waals surface area contributed by atoms with Crippen molar-refractivity contribution in [1.29, 1.82) is 0 Å². The van der Waals surface area contributed by atoms with Gasteiger partial charge in [0.1, 0.15) is 5.56 Å². The molecule has 1 aromatic heterocycles. The Morgan fingerprint density at radius 3 is 2.86 bits per heavy atom. The molecule has 21 heavy (non-hydrogen) atoms. The van der Waals surface area contributed by atoms with Gasteiger partial charge in [0.25, 0.3) is 0 Å². The van der Waals surface area contributed by atoms with Gasteiger partial charge in [0.05, 0.1) is 18.0 Å². The molecule has 3 rings (SSSR count). The molecule has 0 saturated heterocycles. The number of ether oxygens (including phenoxy) is 1. The maximum absolute atomic E-state index is 12.0. The summed E-state index contributed by atoms with van der Waals surface area (Å²) in [6.07, 6.45) is 3.99. The van der Waals surface area contributed by atoms with Gasteiger partial charge in [-0.05, 0) is 25.0 Å². The van der Waals surface area contributed by atoms with Crippen LogP contribution >= 0.6 is 0 Å². The monoisotopic (exact) mass is 280 g/mol. The molecule has 0 radical (unpaired) electrons. The zero-order valence-electron chi connectivity index (χ0n) is 12.1. The number of pyridine rings is 1. The molecule has 0 aliphatic carbocycles. The lowest BCUT2D eigenvalue weighted by Crippen LogP contribution is -2.05. The predicted molar refractivity (Wildman–Crippen MR) is 81.3 cm³/mol. The Morgan fingerprint density at radius 2 is 2.10 bits per heavy atom. The fourth-order valence-corrected chi connectivity index (χ4v) is 2.52. The third kappa shape index (κ3) is 2.44. The minimum Gasteiger partial charge on any atom is -0.462 e. The largest absolute Gasteiger partial charge is 0.462 e. The number of nitrogens with zero attached hydrogens (tertiary/aromatic N) is 2. The van der Waals surface area contributed by atoms with E-state index < -0.39 is 0 Å². The van der Waals surface area contributed by atoms with Gasteiger partial charge in [-0.2, -0.15) is 0 Å². The number of carbonyl (C=O) groups excluding carboxylic acids is 1. The first-order valence-electron chi connectivity index (χ1n) is 6.98. The van der Waals surface area contributed by atoms with Gasteiger partial charge in [-0.3, -0.25) is 9.98 Å². The molecule has 4 heteroatoms. The van der Waals surface area contributed by atoms with Crippen LogP contribution in [-0.2, 0) is 11.2 Å². The van der Waals surface area contributed by atoms with E-state index in [1.54, 1.807) is 13.1 Å². The SMILES string of the molecule is CCOC(=O)c1cncc2c1N=C(c1ccccc1C)C2. The van der Waals surface area contributed by atoms with Crippen LogP contribution in [0, 0.1) is 6.92 Å². The highest BCUT2D eigenvalue weighted by Crippen LogP contribution is 2.32. The lowest BCUT2D eigenvalue weighted by atomic mass is 10.0. The highest BCUT2D eigenvalue weighted by atomic mass is 16.5. The van der Waals surface area contributed by atoms with Crippen LogP contribution in [0.1, 0.15) is 34.0 Å². The molecule has 0 atom stereocenters. The molecule has 0 bridgehead atoms. The number of hydrogen-bond donors (Lipinski definition) is 0. The summed E-state index contributed by atoms with van der Waals surface area (Å²) >= 11 is 0. The first-order chi connectivity index (χ1) is 10.2. The Morgan fingerprint density at radius 1 is 1.29 bits per heavy atom. The first-order valence-corrected chi connectivity index (χ1v) is 6.98. The second-order valence-corrected chi connectivity index (χ2v) is 4.97. The summed E-state index contributed by atoms with van der Waals surface area (Å²) in [6, 6.07) is 8.12. The molecule has 0 N–H and O–H groups in total. The summed E-state index contributed by atoms with van der Waals surface area (Å²) in [6.45, 7) is 4.19. The number of aliphatic imine (C=N–C) groups is 1. The molecule has 0 saturated carbocycles. The van der Waals surface area contributed by atoms with Gasteiger partial charge in [0.15, 0.2) is 0 Å². The van der Waals surface area contributed by atoms with E-state index >= 15 is 0 Å². The number of fused-ring (bicyclic) bond motifs is 1. The molecule has 2 aromatic rings. The van der Waals surface area contributed by atoms with Crippen LogP contribution in [0.3, 0.4) is 0 Å². The van der Waals surface area contributed by atoms with E-state index in [1.807, 2.05) is 12.1 Å². The van der Waals surface area contributed by atoms with Gasteiger partial charge in [0, 0.05) is 24.4 Å². The smallest absolute Gasteiger partial charge is 0.341 e. The Bertz CT molecular complexity index is 735. The zero-order chi connectivity index (χ0) is 14.8. The summed E-state index contributed by atoms with van der Waals surface area (Å²) in [5.74, 6) is -0.364. The van der Waals surface area contributed by atoms with Crippen molar-refractivity contribution in [3.05, 3.63) is 58.9 Å². The van der Waals surface area contributed by atoms with E-state index in [1.165, 1.54) is 11.8 Å². The Balaban J connectivity index is 2.03. The van der Waals surface area contributed by atoms with E-state index in [0.717, 1.165) is 16.8 Å². The molecule has 0 fully saturated rings. The molecular weight excluding hydrogens is 264 g/mol. The average Bonchev–Trinajstić information content (AvgIpc) is 2.91. The Labute approximate surface area is 123 Å². The molecule has 1 aliphatic rings. The van der Waals surface area contributed by atoms with Crippen LogP contribution in [0.2, 0.25) is 0 Å². The van der Waals surface area contributed by atoms with Crippen molar-refractivity contribution in [1.82, 2.24) is 4.98 Å². The number of rotatable bonds is 3. The van der Waals surface area contributed by atoms with Crippen molar-refractivity contribution in [2.45, 2.75) is 20.3 Å². The molecule has 4 nitrogen and oxygen atoms in total. The molecule has 1 aliphatic heterocycles. The summed E-state index contributed by atoms with van der Waals surface area (Å²) in [5.41, 5.74) is 5.37. The van der Waals surface area contributed by atoms with Gasteiger partial charge in [-0.1, -0.05) is 24.3 Å². The molecule has 1 aromatic carbocycles. The fraction of sp³-hybridized carbons (Fsp3) is 0.235. The number of esters is 1. The average molecular weight is 280 g/mol. The molecule has 0 amide bonds. The van der Waals surface area contributed by atoms with E-state index in [-0.39, 0.29) is 5.97 Å². The first kappa shape index (κ1) is 13.5. The topological polar surface area (TPSA) is 51.5 Å². The van der Waals surface area contributed by atoms with Crippen molar-refractivity contribution in [2.75, 3.05) is 6.61 Å². The molecule has 0 unspecified atom stereocenters. The number of aryl methyl sites for hydroxylation is 1. The van der Waals surface area contributed by atoms with E-state index in [0.29, 0.717) is 24.3 Å². The van der Waals surface area contributed by atoms with Crippen molar-refractivity contribution in [3.8, 4) is 0 Å². The van der Waals surface area contributed by atoms with Crippen LogP contribution < -0.4 is 0 Å². The third-order valence-corrected chi connectivity index (χ3v) is 3.55. The summed E-state index contributed by atoms with van der Waals surface area (Å²) in [5, 5.41) is 0. The van der Waals surface area contributed by atoms with Gasteiger partial charge in [-0.25, -0.2) is 4.79 Å². The quantitative estimate of drug-likeness (QED) is 0.811. The van der Waals surface area contributed by atoms with Crippen LogP contribution in [0.25, 0.3) is 0 Å². The molecular formula is C17H16N2O2. The van der Waals surface area contributed by atoms with Crippen LogP contribution in [0.4, 0.5) is 5.69 Å². The van der Waals surface area contributed by atoms with Crippen molar-refractivity contribution >= 4 is 17.4 Å². The number of benzene rings is 1. The van der Waals surface area contributed by atoms with Gasteiger partial charge < -0.3 is 4.74 Å². The summed E-state index contributed by atoms with van der Waals surface area (Å²) in [4.78, 5) is 20.8. The molecule has 2 heterocycles.